The van der Waals surface area contributed by atoms with Gasteiger partial charge in [-0.1, -0.05) is 47.6 Å². The first-order valence-electron chi connectivity index (χ1n) is 16.8. The molecule has 1 aliphatic heterocycles. The number of carbonyl (C=O) groups is 3. The highest BCUT2D eigenvalue weighted by molar-refractivity contribution is 5.95. The summed E-state index contributed by atoms with van der Waals surface area (Å²) in [7, 11) is 0. The maximum absolute atomic E-state index is 13.7. The monoisotopic (exact) mass is 650 g/mol. The average Bonchev–Trinajstić information content (AvgIpc) is 3.32. The van der Waals surface area contributed by atoms with Gasteiger partial charge in [-0.15, -0.1) is 13.2 Å². The first kappa shape index (κ1) is 37.4. The molecular formula is C36H53F3N2O5. The molecule has 1 heterocycles. The van der Waals surface area contributed by atoms with Gasteiger partial charge >= 0.3 is 12.5 Å². The van der Waals surface area contributed by atoms with Gasteiger partial charge in [0.05, 0.1) is 5.69 Å². The molecule has 2 amide bonds. The van der Waals surface area contributed by atoms with Gasteiger partial charge in [0.1, 0.15) is 5.60 Å². The fraction of sp³-hybridized carbons (Fsp3) is 0.694. The number of hydrogen-bond acceptors (Lipinski definition) is 5. The van der Waals surface area contributed by atoms with Crippen LogP contribution in [0.2, 0.25) is 0 Å². The molecule has 4 aliphatic rings. The van der Waals surface area contributed by atoms with Crippen molar-refractivity contribution in [3.05, 3.63) is 35.5 Å². The molecule has 6 unspecified atom stereocenters. The molecule has 0 bridgehead atoms. The minimum atomic E-state index is -4.88. The highest BCUT2D eigenvalue weighted by Crippen LogP contribution is 2.65. The van der Waals surface area contributed by atoms with Gasteiger partial charge in [-0.2, -0.15) is 0 Å². The predicted octanol–water partition coefficient (Wildman–Crippen LogP) is 9.45. The van der Waals surface area contributed by atoms with Crippen LogP contribution in [-0.2, 0) is 14.3 Å². The van der Waals surface area contributed by atoms with Crippen LogP contribution in [0.1, 0.15) is 106 Å². The number of piperidine rings is 1. The summed E-state index contributed by atoms with van der Waals surface area (Å²) in [5.41, 5.74) is -0.166. The van der Waals surface area contributed by atoms with Gasteiger partial charge in [0.2, 0.25) is 5.91 Å². The first-order valence-corrected chi connectivity index (χ1v) is 16.8. The smallest absolute Gasteiger partial charge is 0.443 e. The minimum Gasteiger partial charge on any atom is -0.443 e. The molecule has 10 heteroatoms. The Bertz CT molecular complexity index is 1320. The van der Waals surface area contributed by atoms with Crippen LogP contribution in [0.25, 0.3) is 0 Å². The zero-order valence-corrected chi connectivity index (χ0v) is 29.2. The van der Waals surface area contributed by atoms with Crippen molar-refractivity contribution in [2.24, 2.45) is 34.5 Å². The molecule has 0 aromatic heterocycles. The Morgan fingerprint density at radius 3 is 2.24 bits per heavy atom. The van der Waals surface area contributed by atoms with Crippen LogP contribution in [0.15, 0.2) is 30.0 Å². The molecule has 6 atom stereocenters. The van der Waals surface area contributed by atoms with E-state index in [4.69, 9.17) is 4.74 Å². The molecule has 1 aromatic carbocycles. The van der Waals surface area contributed by atoms with Crippen molar-refractivity contribution in [1.82, 2.24) is 4.90 Å². The lowest BCUT2D eigenvalue weighted by atomic mass is 9.49. The molecule has 7 nitrogen and oxygen atoms in total. The van der Waals surface area contributed by atoms with E-state index in [2.05, 4.69) is 23.9 Å². The van der Waals surface area contributed by atoms with Crippen molar-refractivity contribution in [2.45, 2.75) is 120 Å². The second-order valence-corrected chi connectivity index (χ2v) is 14.1. The molecule has 1 N–H and O–H groups in total. The number of fused-ring (bicyclic) bond motifs is 5. The molecule has 258 valence electrons. The number of anilines is 1. The summed E-state index contributed by atoms with van der Waals surface area (Å²) in [6.45, 7) is 19.8. The second kappa shape index (κ2) is 14.0. The Kier molecular flexibility index (Phi) is 11.4. The third-order valence-corrected chi connectivity index (χ3v) is 10.3. The number of amides is 2. The number of nitrogens with one attached hydrogen (secondary N) is 1. The standard InChI is InChI=1S/C32H41F3N2O5.2C2H6/c1-18-7-10-24(25(15-18)41-32(33,34)35)36-27(39)23-9-8-21-20-17-37(28(40)42-29(2,3)4)26-16-19(38)11-13-31(26,6)22(20)12-14-30(21,23)5;2*1-2/h7,10,15-16,20-23H,8-9,11-14,17H2,1-6H3,(H,36,39);2*1-2H3. The predicted molar refractivity (Wildman–Crippen MR) is 173 cm³/mol. The number of allylic oxidation sites excluding steroid dienone is 2. The van der Waals surface area contributed by atoms with Gasteiger partial charge in [-0.3, -0.25) is 14.5 Å². The zero-order chi connectivity index (χ0) is 34.8. The topological polar surface area (TPSA) is 84.9 Å². The van der Waals surface area contributed by atoms with Gasteiger partial charge < -0.3 is 14.8 Å². The van der Waals surface area contributed by atoms with Gasteiger partial charge in [0, 0.05) is 36.1 Å². The van der Waals surface area contributed by atoms with Crippen LogP contribution >= 0.6 is 0 Å². The van der Waals surface area contributed by atoms with Crippen molar-refractivity contribution in [1.29, 1.82) is 0 Å². The van der Waals surface area contributed by atoms with Crippen molar-refractivity contribution >= 4 is 23.5 Å². The highest BCUT2D eigenvalue weighted by atomic mass is 19.4. The number of carbonyl (C=O) groups excluding carboxylic acids is 3. The summed E-state index contributed by atoms with van der Waals surface area (Å²) in [6, 6.07) is 4.34. The first-order chi connectivity index (χ1) is 21.4. The van der Waals surface area contributed by atoms with Gasteiger partial charge in [0.15, 0.2) is 11.5 Å². The number of rotatable bonds is 3. The largest absolute Gasteiger partial charge is 0.573 e. The van der Waals surface area contributed by atoms with Crippen LogP contribution < -0.4 is 10.1 Å². The number of benzene rings is 1. The fourth-order valence-electron chi connectivity index (χ4n) is 8.39. The lowest BCUT2D eigenvalue weighted by molar-refractivity contribution is -0.274. The third kappa shape index (κ3) is 7.57. The minimum absolute atomic E-state index is 0.00779. The summed E-state index contributed by atoms with van der Waals surface area (Å²) in [5.74, 6) is -0.694. The van der Waals surface area contributed by atoms with E-state index in [1.54, 1.807) is 24.0 Å². The van der Waals surface area contributed by atoms with E-state index in [1.165, 1.54) is 12.1 Å². The molecule has 1 saturated heterocycles. The summed E-state index contributed by atoms with van der Waals surface area (Å²) < 4.78 is 49.3. The van der Waals surface area contributed by atoms with Crippen LogP contribution in [0, 0.1) is 41.4 Å². The molecule has 0 radical (unpaired) electrons. The Morgan fingerprint density at radius 2 is 1.63 bits per heavy atom. The lowest BCUT2D eigenvalue weighted by Crippen LogP contribution is -2.59. The molecule has 2 saturated carbocycles. The highest BCUT2D eigenvalue weighted by Gasteiger charge is 2.62. The Balaban J connectivity index is 0.00000139. The normalized spacial score (nSPS) is 30.2. The van der Waals surface area contributed by atoms with Crippen LogP contribution in [-0.4, -0.2) is 41.2 Å². The Morgan fingerprint density at radius 1 is 0.978 bits per heavy atom. The number of halogens is 3. The maximum atomic E-state index is 13.7. The summed E-state index contributed by atoms with van der Waals surface area (Å²) >= 11 is 0. The number of hydrogen-bond donors (Lipinski definition) is 1. The number of nitrogens with zero attached hydrogens (tertiary/aromatic N) is 1. The van der Waals surface area contributed by atoms with E-state index in [0.717, 1.165) is 25.0 Å². The van der Waals surface area contributed by atoms with E-state index < -0.39 is 35.1 Å². The van der Waals surface area contributed by atoms with Crippen molar-refractivity contribution in [3.8, 4) is 5.75 Å². The maximum Gasteiger partial charge on any atom is 0.573 e. The molecule has 1 aromatic rings. The van der Waals surface area contributed by atoms with Crippen LogP contribution in [0.3, 0.4) is 0 Å². The summed E-state index contributed by atoms with van der Waals surface area (Å²) in [4.78, 5) is 41.4. The number of ether oxygens (including phenoxy) is 2. The summed E-state index contributed by atoms with van der Waals surface area (Å²) in [5, 5.41) is 2.75. The van der Waals surface area contributed by atoms with E-state index in [0.29, 0.717) is 31.4 Å². The number of alkyl halides is 3. The quantitative estimate of drug-likeness (QED) is 0.352. The Labute approximate surface area is 272 Å². The van der Waals surface area contributed by atoms with E-state index in [9.17, 15) is 27.6 Å². The molecule has 3 aliphatic carbocycles. The van der Waals surface area contributed by atoms with Crippen molar-refractivity contribution in [3.63, 3.8) is 0 Å². The summed E-state index contributed by atoms with van der Waals surface area (Å²) in [6.07, 6.45) is 0.336. The van der Waals surface area contributed by atoms with Crippen LogP contribution in [0.5, 0.6) is 5.75 Å². The van der Waals surface area contributed by atoms with Gasteiger partial charge in [-0.25, -0.2) is 4.79 Å². The van der Waals surface area contributed by atoms with Crippen molar-refractivity contribution < 1.29 is 37.0 Å². The number of ketones is 1. The zero-order valence-electron chi connectivity index (χ0n) is 29.2. The average molecular weight is 651 g/mol. The molecule has 3 fully saturated rings. The fourth-order valence-corrected chi connectivity index (χ4v) is 8.39. The van der Waals surface area contributed by atoms with Gasteiger partial charge in [0.25, 0.3) is 0 Å². The van der Waals surface area contributed by atoms with Crippen molar-refractivity contribution in [2.75, 3.05) is 11.9 Å². The van der Waals surface area contributed by atoms with E-state index in [-0.39, 0.29) is 40.5 Å². The molecular weight excluding hydrogens is 597 g/mol. The van der Waals surface area contributed by atoms with Crippen LogP contribution in [0.4, 0.5) is 23.7 Å². The Hall–Kier alpha value is -3.04. The number of aryl methyl sites for hydroxylation is 1. The molecule has 0 spiro atoms. The molecule has 46 heavy (non-hydrogen) atoms. The van der Waals surface area contributed by atoms with E-state index >= 15 is 0 Å². The SMILES string of the molecule is CC.CC.Cc1ccc(NC(=O)C2CCC3C4CN(C(=O)OC(C)(C)C)C5=CC(=O)CCC5(C)C4CCC23C)c(OC(F)(F)F)c1. The second-order valence-electron chi connectivity index (χ2n) is 14.1. The number of likely N-dealkylation sites (tertiary alicyclic amines) is 1. The van der Waals surface area contributed by atoms with E-state index in [1.807, 2.05) is 48.5 Å². The lowest BCUT2D eigenvalue weighted by Gasteiger charge is -2.60. The van der Waals surface area contributed by atoms with Gasteiger partial charge in [-0.05, 0) is 101 Å². The third-order valence-electron chi connectivity index (χ3n) is 10.3. The molecule has 5 rings (SSSR count).